The molecular weight excluding hydrogens is 243 g/mol. The van der Waals surface area contributed by atoms with E-state index in [1.54, 1.807) is 0 Å². The van der Waals surface area contributed by atoms with Gasteiger partial charge in [0.15, 0.2) is 0 Å². The van der Waals surface area contributed by atoms with E-state index in [2.05, 4.69) is 0 Å². The van der Waals surface area contributed by atoms with Crippen LogP contribution < -0.4 is 0 Å². The molecule has 18 heavy (non-hydrogen) atoms. The summed E-state index contributed by atoms with van der Waals surface area (Å²) >= 11 is 0. The largest absolute Gasteiger partial charge is 0.511 e. The molecule has 1 fully saturated rings. The van der Waals surface area contributed by atoms with Crippen LogP contribution in [0.5, 0.6) is 0 Å². The molecule has 0 aromatic carbocycles. The van der Waals surface area contributed by atoms with E-state index in [-0.39, 0.29) is 0 Å². The van der Waals surface area contributed by atoms with Gasteiger partial charge in [0, 0.05) is 21.3 Å². The quantitative estimate of drug-likeness (QED) is 0.530. The molecule has 0 N–H and O–H groups in total. The van der Waals surface area contributed by atoms with Crippen LogP contribution in [0.3, 0.4) is 0 Å². The van der Waals surface area contributed by atoms with Crippen LogP contribution in [0.4, 0.5) is 0 Å². The lowest BCUT2D eigenvalue weighted by Gasteiger charge is -2.45. The van der Waals surface area contributed by atoms with E-state index in [1.165, 1.54) is 57.3 Å². The topological polar surface area (TPSA) is 65.1 Å². The molecule has 1 aliphatic heterocycles. The third-order valence-electron chi connectivity index (χ3n) is 2.57. The third-order valence-corrected chi connectivity index (χ3v) is 2.57. The molecule has 9 nitrogen and oxygen atoms in total. The Morgan fingerprint density at radius 2 is 0.722 bits per heavy atom. The van der Waals surface area contributed by atoms with E-state index >= 15 is 0 Å². The zero-order chi connectivity index (χ0) is 13.7. The number of nitrogens with zero attached hydrogens (tertiary/aromatic N) is 3. The fraction of sp³-hybridized carbons (Fsp3) is 1.00. The van der Waals surface area contributed by atoms with E-state index in [0.717, 1.165) is 0 Å². The van der Waals surface area contributed by atoms with Crippen LogP contribution in [0.1, 0.15) is 0 Å². The van der Waals surface area contributed by atoms with Gasteiger partial charge >= 0.3 is 21.6 Å². The lowest BCUT2D eigenvalue weighted by atomic mass is 9.68. The van der Waals surface area contributed by atoms with Crippen molar-refractivity contribution in [3.63, 3.8) is 0 Å². The molecule has 0 radical (unpaired) electrons. The summed E-state index contributed by atoms with van der Waals surface area (Å²) in [7, 11) is 7.08. The summed E-state index contributed by atoms with van der Waals surface area (Å²) < 4.78 is 15.9. The van der Waals surface area contributed by atoms with Gasteiger partial charge in [0.2, 0.25) is 0 Å². The van der Waals surface area contributed by atoms with Gasteiger partial charge in [0.25, 0.3) is 0 Å². The monoisotopic (exact) mass is 261 g/mol. The Kier molecular flexibility index (Phi) is 6.56. The fourth-order valence-corrected chi connectivity index (χ4v) is 1.83. The van der Waals surface area contributed by atoms with Gasteiger partial charge in [-0.25, -0.2) is 0 Å². The predicted octanol–water partition coefficient (Wildman–Crippen LogP) is -1.52. The van der Waals surface area contributed by atoms with Crippen molar-refractivity contribution < 1.29 is 28.5 Å². The Balaban J connectivity index is 3.06. The van der Waals surface area contributed by atoms with Crippen molar-refractivity contribution in [2.75, 3.05) is 42.7 Å². The Bertz CT molecular complexity index is 181. The lowest BCUT2D eigenvalue weighted by molar-refractivity contribution is -0.139. The smallest absolute Gasteiger partial charge is 0.409 e. The van der Waals surface area contributed by atoms with Crippen LogP contribution in [0.2, 0.25) is 0 Å². The second-order valence-corrected chi connectivity index (χ2v) is 3.31. The summed E-state index contributed by atoms with van der Waals surface area (Å²) in [4.78, 5) is 20.0. The predicted molar refractivity (Wildman–Crippen MR) is 64.8 cm³/mol. The SMILES string of the molecule is COB1N(OC)B(OC)N(OC)B(OC)N1OC. The molecule has 1 aliphatic rings. The molecule has 0 unspecified atom stereocenters. The molecule has 1 saturated heterocycles. The van der Waals surface area contributed by atoms with Gasteiger partial charge in [-0.05, 0) is 0 Å². The van der Waals surface area contributed by atoms with Gasteiger partial charge in [0.1, 0.15) is 0 Å². The maximum atomic E-state index is 5.31. The summed E-state index contributed by atoms with van der Waals surface area (Å²) in [5.74, 6) is 0. The molecule has 0 aromatic rings. The average Bonchev–Trinajstić information content (AvgIpc) is 2.43. The zero-order valence-electron chi connectivity index (χ0n) is 11.5. The van der Waals surface area contributed by atoms with Gasteiger partial charge in [-0.2, -0.15) is 14.7 Å². The van der Waals surface area contributed by atoms with Gasteiger partial charge in [-0.15, -0.1) is 0 Å². The van der Waals surface area contributed by atoms with Crippen LogP contribution in [0, 0.1) is 0 Å². The van der Waals surface area contributed by atoms with Gasteiger partial charge in [0.05, 0.1) is 21.3 Å². The van der Waals surface area contributed by atoms with Gasteiger partial charge in [-0.3, -0.25) is 0 Å². The van der Waals surface area contributed by atoms with Crippen LogP contribution in [-0.4, -0.2) is 78.9 Å². The van der Waals surface area contributed by atoms with E-state index < -0.39 is 21.6 Å². The van der Waals surface area contributed by atoms with E-state index in [9.17, 15) is 0 Å². The number of rotatable bonds is 6. The molecule has 0 aromatic heterocycles. The summed E-state index contributed by atoms with van der Waals surface area (Å²) in [6.45, 7) is 0. The standard InChI is InChI=1S/C6H18B3N3O6/c1-13-7-10(16-4)8(14-2)12(18-6)9(15-3)11(7)17-5/h1-6H3. The summed E-state index contributed by atoms with van der Waals surface area (Å²) in [5.41, 5.74) is 0. The second-order valence-electron chi connectivity index (χ2n) is 3.31. The van der Waals surface area contributed by atoms with Crippen molar-refractivity contribution in [1.29, 1.82) is 0 Å². The van der Waals surface area contributed by atoms with Gasteiger partial charge in [-0.1, -0.05) is 0 Å². The Morgan fingerprint density at radius 1 is 0.500 bits per heavy atom. The molecule has 0 amide bonds. The van der Waals surface area contributed by atoms with Crippen molar-refractivity contribution in [3.8, 4) is 0 Å². The highest BCUT2D eigenvalue weighted by atomic mass is 16.8. The van der Waals surface area contributed by atoms with Crippen LogP contribution >= 0.6 is 0 Å². The molecule has 102 valence electrons. The normalized spacial score (nSPS) is 20.0. The first-order valence-electron chi connectivity index (χ1n) is 5.25. The maximum Gasteiger partial charge on any atom is 0.511 e. The molecule has 0 aliphatic carbocycles. The third kappa shape index (κ3) is 2.71. The van der Waals surface area contributed by atoms with Crippen molar-refractivity contribution in [1.82, 2.24) is 14.7 Å². The summed E-state index contributed by atoms with van der Waals surface area (Å²) in [6, 6.07) is 0. The average molecular weight is 261 g/mol. The lowest BCUT2D eigenvalue weighted by Crippen LogP contribution is -2.78. The zero-order valence-corrected chi connectivity index (χ0v) is 11.5. The van der Waals surface area contributed by atoms with Gasteiger partial charge < -0.3 is 28.5 Å². The first kappa shape index (κ1) is 15.9. The Labute approximate surface area is 108 Å². The highest BCUT2D eigenvalue weighted by molar-refractivity contribution is 6.78. The van der Waals surface area contributed by atoms with Crippen LogP contribution in [-0.2, 0) is 28.5 Å². The Hall–Kier alpha value is -0.165. The molecule has 12 heteroatoms. The van der Waals surface area contributed by atoms with Crippen molar-refractivity contribution in [2.45, 2.75) is 0 Å². The maximum absolute atomic E-state index is 5.31. The van der Waals surface area contributed by atoms with Crippen molar-refractivity contribution in [2.24, 2.45) is 0 Å². The summed E-state index contributed by atoms with van der Waals surface area (Å²) in [6.07, 6.45) is 0. The van der Waals surface area contributed by atoms with Crippen molar-refractivity contribution >= 4 is 21.6 Å². The van der Waals surface area contributed by atoms with Crippen LogP contribution in [0.15, 0.2) is 0 Å². The molecule has 1 rings (SSSR count). The first-order chi connectivity index (χ1) is 8.69. The minimum Gasteiger partial charge on any atom is -0.409 e. The molecule has 0 bridgehead atoms. The van der Waals surface area contributed by atoms with Crippen LogP contribution in [0.25, 0.3) is 0 Å². The fourth-order valence-electron chi connectivity index (χ4n) is 1.83. The van der Waals surface area contributed by atoms with E-state index in [1.807, 2.05) is 0 Å². The van der Waals surface area contributed by atoms with E-state index in [4.69, 9.17) is 28.5 Å². The second kappa shape index (κ2) is 7.43. The first-order valence-corrected chi connectivity index (χ1v) is 5.25. The minimum atomic E-state index is -0.652. The highest BCUT2D eigenvalue weighted by Gasteiger charge is 2.59. The number of hydrogen-bond donors (Lipinski definition) is 0. The highest BCUT2D eigenvalue weighted by Crippen LogP contribution is 2.20. The van der Waals surface area contributed by atoms with E-state index in [0.29, 0.717) is 0 Å². The molecule has 0 atom stereocenters. The summed E-state index contributed by atoms with van der Waals surface area (Å²) in [5, 5.41) is 0. The molecule has 1 heterocycles. The minimum absolute atomic E-state index is 0.652. The molecular formula is C6H18B3N3O6. The Morgan fingerprint density at radius 3 is 0.833 bits per heavy atom. The molecule has 0 spiro atoms. The van der Waals surface area contributed by atoms with Crippen molar-refractivity contribution in [3.05, 3.63) is 0 Å². The molecule has 0 saturated carbocycles. The number of hydrogen-bond acceptors (Lipinski definition) is 9.